The molecule has 6 heteroatoms. The molecule has 6 nitrogen and oxygen atoms in total. The van der Waals surface area contributed by atoms with E-state index in [0.29, 0.717) is 26.2 Å². The van der Waals surface area contributed by atoms with Gasteiger partial charge in [-0.15, -0.1) is 0 Å². The predicted octanol–water partition coefficient (Wildman–Crippen LogP) is 2.84. The number of amides is 1. The van der Waals surface area contributed by atoms with Gasteiger partial charge in [0.05, 0.1) is 32.1 Å². The standard InChI is InChI=1S/C21H37N3O3/c1-20(2,3)22(6)16-19(25)24-10-12-27-18(15-24)13-21(4,5)23(7)14-17-9-8-11-26-17/h8-9,11,18H,10,12-16H2,1-7H3. The van der Waals surface area contributed by atoms with E-state index in [4.69, 9.17) is 9.15 Å². The van der Waals surface area contributed by atoms with Gasteiger partial charge in [0.15, 0.2) is 0 Å². The minimum atomic E-state index is -0.0638. The van der Waals surface area contributed by atoms with Crippen LogP contribution in [0.15, 0.2) is 22.8 Å². The highest BCUT2D eigenvalue weighted by atomic mass is 16.5. The Labute approximate surface area is 164 Å². The van der Waals surface area contributed by atoms with Crippen LogP contribution in [0.1, 0.15) is 46.8 Å². The van der Waals surface area contributed by atoms with Crippen molar-refractivity contribution in [1.82, 2.24) is 14.7 Å². The van der Waals surface area contributed by atoms with Crippen LogP contribution in [0.25, 0.3) is 0 Å². The highest BCUT2D eigenvalue weighted by Crippen LogP contribution is 2.25. The van der Waals surface area contributed by atoms with Crippen LogP contribution in [-0.2, 0) is 16.1 Å². The second-order valence-corrected chi connectivity index (χ2v) is 9.31. The number of furan rings is 1. The molecule has 1 saturated heterocycles. The number of hydrogen-bond acceptors (Lipinski definition) is 5. The molecule has 0 radical (unpaired) electrons. The van der Waals surface area contributed by atoms with Gasteiger partial charge in [0, 0.05) is 24.2 Å². The highest BCUT2D eigenvalue weighted by molar-refractivity contribution is 5.78. The first-order valence-electron chi connectivity index (χ1n) is 9.83. The largest absolute Gasteiger partial charge is 0.468 e. The van der Waals surface area contributed by atoms with E-state index in [1.807, 2.05) is 24.1 Å². The van der Waals surface area contributed by atoms with Gasteiger partial charge >= 0.3 is 0 Å². The second kappa shape index (κ2) is 8.76. The van der Waals surface area contributed by atoms with Crippen LogP contribution in [0.2, 0.25) is 0 Å². The zero-order chi connectivity index (χ0) is 20.2. The molecule has 27 heavy (non-hydrogen) atoms. The predicted molar refractivity (Wildman–Crippen MR) is 108 cm³/mol. The normalized spacial score (nSPS) is 19.1. The third-order valence-electron chi connectivity index (χ3n) is 5.74. The molecule has 1 aromatic rings. The van der Waals surface area contributed by atoms with Crippen molar-refractivity contribution in [2.75, 3.05) is 40.3 Å². The Balaban J connectivity index is 1.90. The lowest BCUT2D eigenvalue weighted by Crippen LogP contribution is -2.53. The third-order valence-corrected chi connectivity index (χ3v) is 5.74. The van der Waals surface area contributed by atoms with Crippen molar-refractivity contribution in [3.05, 3.63) is 24.2 Å². The van der Waals surface area contributed by atoms with Gasteiger partial charge in [-0.1, -0.05) is 0 Å². The van der Waals surface area contributed by atoms with Crippen LogP contribution >= 0.6 is 0 Å². The smallest absolute Gasteiger partial charge is 0.236 e. The summed E-state index contributed by atoms with van der Waals surface area (Å²) in [6.45, 7) is 13.9. The van der Waals surface area contributed by atoms with Crippen molar-refractivity contribution in [1.29, 1.82) is 0 Å². The third kappa shape index (κ3) is 6.33. The zero-order valence-corrected chi connectivity index (χ0v) is 18.1. The summed E-state index contributed by atoms with van der Waals surface area (Å²) in [7, 11) is 4.11. The van der Waals surface area contributed by atoms with Gasteiger partial charge in [-0.25, -0.2) is 0 Å². The Hall–Kier alpha value is -1.37. The minimum absolute atomic E-state index is 0.0160. The SMILES string of the molecule is CN(CC(=O)N1CCOC(CC(C)(C)N(C)Cc2ccco2)C1)C(C)(C)C. The first-order chi connectivity index (χ1) is 12.5. The summed E-state index contributed by atoms with van der Waals surface area (Å²) in [6, 6.07) is 3.91. The van der Waals surface area contributed by atoms with Gasteiger partial charge in [0.2, 0.25) is 5.91 Å². The Bertz CT molecular complexity index is 592. The Morgan fingerprint density at radius 2 is 1.93 bits per heavy atom. The fourth-order valence-electron chi connectivity index (χ4n) is 3.17. The molecule has 0 aromatic carbocycles. The van der Waals surface area contributed by atoms with Crippen LogP contribution in [0.4, 0.5) is 0 Å². The quantitative estimate of drug-likeness (QED) is 0.729. The average Bonchev–Trinajstić information content (AvgIpc) is 3.06. The molecule has 1 fully saturated rings. The van der Waals surface area contributed by atoms with Crippen molar-refractivity contribution in [2.24, 2.45) is 0 Å². The molecule has 1 aliphatic rings. The number of morpholine rings is 1. The number of carbonyl (C=O) groups excluding carboxylic acids is 1. The summed E-state index contributed by atoms with van der Waals surface area (Å²) in [4.78, 5) is 19.1. The van der Waals surface area contributed by atoms with Crippen molar-refractivity contribution >= 4 is 5.91 Å². The molecule has 154 valence electrons. The topological polar surface area (TPSA) is 49.2 Å². The van der Waals surface area contributed by atoms with Gasteiger partial charge in [-0.3, -0.25) is 14.6 Å². The minimum Gasteiger partial charge on any atom is -0.468 e. The highest BCUT2D eigenvalue weighted by Gasteiger charge is 2.33. The van der Waals surface area contributed by atoms with Gasteiger partial charge in [-0.05, 0) is 67.3 Å². The Morgan fingerprint density at radius 3 is 2.52 bits per heavy atom. The molecule has 2 heterocycles. The molecule has 1 aromatic heterocycles. The molecular weight excluding hydrogens is 342 g/mol. The number of carbonyl (C=O) groups is 1. The molecular formula is C21H37N3O3. The fraction of sp³-hybridized carbons (Fsp3) is 0.762. The number of ether oxygens (including phenoxy) is 1. The van der Waals surface area contributed by atoms with Crippen LogP contribution < -0.4 is 0 Å². The van der Waals surface area contributed by atoms with E-state index >= 15 is 0 Å². The maximum Gasteiger partial charge on any atom is 0.236 e. The van der Waals surface area contributed by atoms with E-state index < -0.39 is 0 Å². The molecule has 0 aliphatic carbocycles. The van der Waals surface area contributed by atoms with E-state index in [0.717, 1.165) is 18.7 Å². The zero-order valence-electron chi connectivity index (χ0n) is 18.1. The van der Waals surface area contributed by atoms with Gasteiger partial charge in [0.1, 0.15) is 5.76 Å². The maximum absolute atomic E-state index is 12.7. The van der Waals surface area contributed by atoms with E-state index in [2.05, 4.69) is 51.5 Å². The summed E-state index contributed by atoms with van der Waals surface area (Å²) in [5, 5.41) is 0. The Kier molecular flexibility index (Phi) is 7.11. The average molecular weight is 380 g/mol. The number of nitrogens with zero attached hydrogens (tertiary/aromatic N) is 3. The summed E-state index contributed by atoms with van der Waals surface area (Å²) in [5.74, 6) is 1.14. The summed E-state index contributed by atoms with van der Waals surface area (Å²) >= 11 is 0. The first kappa shape index (κ1) is 21.9. The van der Waals surface area contributed by atoms with E-state index in [-0.39, 0.29) is 23.1 Å². The monoisotopic (exact) mass is 379 g/mol. The molecule has 2 rings (SSSR count). The lowest BCUT2D eigenvalue weighted by Gasteiger charge is -2.41. The molecule has 0 bridgehead atoms. The van der Waals surface area contributed by atoms with Crippen LogP contribution in [0, 0.1) is 0 Å². The van der Waals surface area contributed by atoms with Gasteiger partial charge in [0.25, 0.3) is 0 Å². The lowest BCUT2D eigenvalue weighted by atomic mass is 9.93. The van der Waals surface area contributed by atoms with Gasteiger partial charge < -0.3 is 14.1 Å². The maximum atomic E-state index is 12.7. The van der Waals surface area contributed by atoms with E-state index in [1.165, 1.54) is 0 Å². The number of rotatable bonds is 7. The molecule has 1 atom stereocenters. The summed E-state index contributed by atoms with van der Waals surface area (Å²) < 4.78 is 11.5. The molecule has 0 spiro atoms. The summed E-state index contributed by atoms with van der Waals surface area (Å²) in [5.41, 5.74) is -0.0797. The van der Waals surface area contributed by atoms with Crippen molar-refractivity contribution in [2.45, 2.75) is 64.8 Å². The van der Waals surface area contributed by atoms with Gasteiger partial charge in [-0.2, -0.15) is 0 Å². The lowest BCUT2D eigenvalue weighted by molar-refractivity contribution is -0.142. The van der Waals surface area contributed by atoms with Crippen LogP contribution in [0.3, 0.4) is 0 Å². The number of hydrogen-bond donors (Lipinski definition) is 0. The van der Waals surface area contributed by atoms with Crippen molar-refractivity contribution < 1.29 is 13.9 Å². The first-order valence-corrected chi connectivity index (χ1v) is 9.83. The van der Waals surface area contributed by atoms with E-state index in [1.54, 1.807) is 6.26 Å². The number of likely N-dealkylation sites (N-methyl/N-ethyl adjacent to an activating group) is 1. The van der Waals surface area contributed by atoms with Crippen LogP contribution in [-0.4, -0.2) is 78.1 Å². The summed E-state index contributed by atoms with van der Waals surface area (Å²) in [6.07, 6.45) is 2.62. The Morgan fingerprint density at radius 1 is 1.22 bits per heavy atom. The fourth-order valence-corrected chi connectivity index (χ4v) is 3.17. The van der Waals surface area contributed by atoms with Crippen LogP contribution in [0.5, 0.6) is 0 Å². The van der Waals surface area contributed by atoms with Crippen molar-refractivity contribution in [3.8, 4) is 0 Å². The van der Waals surface area contributed by atoms with E-state index in [9.17, 15) is 4.79 Å². The molecule has 1 amide bonds. The molecule has 0 N–H and O–H groups in total. The molecule has 0 saturated carbocycles. The molecule has 1 unspecified atom stereocenters. The second-order valence-electron chi connectivity index (χ2n) is 9.31. The molecule has 1 aliphatic heterocycles. The van der Waals surface area contributed by atoms with Crippen molar-refractivity contribution in [3.63, 3.8) is 0 Å².